The highest BCUT2D eigenvalue weighted by Crippen LogP contribution is 2.41. The van der Waals surface area contributed by atoms with Gasteiger partial charge in [-0.3, -0.25) is 4.68 Å². The Morgan fingerprint density at radius 3 is 2.71 bits per heavy atom. The Labute approximate surface area is 105 Å². The number of nitrogens with one attached hydrogen (secondary N) is 1. The molecule has 1 heterocycles. The predicted molar refractivity (Wildman–Crippen MR) is 71.0 cm³/mol. The van der Waals surface area contributed by atoms with E-state index in [4.69, 9.17) is 0 Å². The summed E-state index contributed by atoms with van der Waals surface area (Å²) in [5.41, 5.74) is 1.84. The van der Waals surface area contributed by atoms with Crippen molar-refractivity contribution < 1.29 is 0 Å². The van der Waals surface area contributed by atoms with Gasteiger partial charge in [0, 0.05) is 18.8 Å². The van der Waals surface area contributed by atoms with E-state index in [2.05, 4.69) is 37.5 Å². The van der Waals surface area contributed by atoms with Gasteiger partial charge in [0.1, 0.15) is 0 Å². The highest BCUT2D eigenvalue weighted by molar-refractivity contribution is 5.09. The van der Waals surface area contributed by atoms with Gasteiger partial charge in [-0.15, -0.1) is 0 Å². The van der Waals surface area contributed by atoms with E-state index in [1.54, 1.807) is 0 Å². The topological polar surface area (TPSA) is 29.9 Å². The summed E-state index contributed by atoms with van der Waals surface area (Å²) in [6.45, 7) is 5.53. The summed E-state index contributed by atoms with van der Waals surface area (Å²) in [5, 5.41) is 7.88. The molecule has 1 fully saturated rings. The maximum Gasteiger partial charge on any atom is 0.0522 e. The van der Waals surface area contributed by atoms with E-state index < -0.39 is 0 Å². The first-order chi connectivity index (χ1) is 8.18. The summed E-state index contributed by atoms with van der Waals surface area (Å²) in [6.07, 6.45) is 10.8. The first-order valence-corrected chi connectivity index (χ1v) is 6.86. The van der Waals surface area contributed by atoms with Gasteiger partial charge in [-0.05, 0) is 44.2 Å². The Hall–Kier alpha value is -0.830. The van der Waals surface area contributed by atoms with Crippen molar-refractivity contribution in [1.82, 2.24) is 15.1 Å². The lowest BCUT2D eigenvalue weighted by Crippen LogP contribution is -2.41. The van der Waals surface area contributed by atoms with Crippen LogP contribution in [-0.4, -0.2) is 22.9 Å². The Kier molecular flexibility index (Phi) is 3.87. The molecule has 1 atom stereocenters. The van der Waals surface area contributed by atoms with E-state index in [0.29, 0.717) is 11.5 Å². The first-order valence-electron chi connectivity index (χ1n) is 6.86. The lowest BCUT2D eigenvalue weighted by atomic mass is 9.78. The molecule has 17 heavy (non-hydrogen) atoms. The predicted octanol–water partition coefficient (Wildman–Crippen LogP) is 2.61. The number of hydrogen-bond acceptors (Lipinski definition) is 2. The molecule has 0 spiro atoms. The van der Waals surface area contributed by atoms with E-state index >= 15 is 0 Å². The number of likely N-dealkylation sites (N-methyl/N-ethyl adjacent to an activating group) is 1. The third-order valence-electron chi connectivity index (χ3n) is 4.39. The zero-order chi connectivity index (χ0) is 12.3. The lowest BCUT2D eigenvalue weighted by molar-refractivity contribution is 0.229. The lowest BCUT2D eigenvalue weighted by Gasteiger charge is -2.33. The molecule has 1 aromatic heterocycles. The molecule has 0 aliphatic heterocycles. The molecular formula is C14H25N3. The standard InChI is InChI=1S/C14H25N3/c1-4-17-11-12(10-16-17)9-13(15-3)14(2)7-5-6-8-14/h10-11,13,15H,4-9H2,1-3H3. The number of hydrogen-bond donors (Lipinski definition) is 1. The molecule has 3 nitrogen and oxygen atoms in total. The van der Waals surface area contributed by atoms with Crippen LogP contribution in [0, 0.1) is 5.41 Å². The highest BCUT2D eigenvalue weighted by atomic mass is 15.3. The van der Waals surface area contributed by atoms with Crippen LogP contribution in [-0.2, 0) is 13.0 Å². The average molecular weight is 235 g/mol. The van der Waals surface area contributed by atoms with Crippen molar-refractivity contribution in [2.75, 3.05) is 7.05 Å². The molecule has 1 aromatic rings. The van der Waals surface area contributed by atoms with Gasteiger partial charge in [-0.25, -0.2) is 0 Å². The van der Waals surface area contributed by atoms with Crippen LogP contribution in [0.2, 0.25) is 0 Å². The van der Waals surface area contributed by atoms with Gasteiger partial charge >= 0.3 is 0 Å². The van der Waals surface area contributed by atoms with Crippen molar-refractivity contribution in [1.29, 1.82) is 0 Å². The largest absolute Gasteiger partial charge is 0.316 e. The minimum atomic E-state index is 0.475. The fourth-order valence-corrected chi connectivity index (χ4v) is 3.15. The van der Waals surface area contributed by atoms with Crippen molar-refractivity contribution in [3.8, 4) is 0 Å². The number of aryl methyl sites for hydroxylation is 1. The monoisotopic (exact) mass is 235 g/mol. The Bertz CT molecular complexity index is 350. The van der Waals surface area contributed by atoms with Gasteiger partial charge in [-0.2, -0.15) is 5.10 Å². The molecule has 96 valence electrons. The molecular weight excluding hydrogens is 210 g/mol. The number of aromatic nitrogens is 2. The first kappa shape index (κ1) is 12.6. The molecule has 2 rings (SSSR count). The van der Waals surface area contributed by atoms with E-state index in [0.717, 1.165) is 13.0 Å². The average Bonchev–Trinajstić information content (AvgIpc) is 2.95. The molecule has 1 N–H and O–H groups in total. The number of nitrogens with zero attached hydrogens (tertiary/aromatic N) is 2. The molecule has 0 amide bonds. The van der Waals surface area contributed by atoms with Crippen LogP contribution in [0.1, 0.15) is 45.1 Å². The third kappa shape index (κ3) is 2.71. The van der Waals surface area contributed by atoms with Crippen molar-refractivity contribution in [2.45, 2.75) is 58.5 Å². The quantitative estimate of drug-likeness (QED) is 0.850. The summed E-state index contributed by atoms with van der Waals surface area (Å²) >= 11 is 0. The summed E-state index contributed by atoms with van der Waals surface area (Å²) in [7, 11) is 2.10. The summed E-state index contributed by atoms with van der Waals surface area (Å²) in [5.74, 6) is 0. The molecule has 0 bridgehead atoms. The summed E-state index contributed by atoms with van der Waals surface area (Å²) in [6, 6.07) is 0.583. The van der Waals surface area contributed by atoms with Gasteiger partial charge in [0.25, 0.3) is 0 Å². The Morgan fingerprint density at radius 2 is 2.18 bits per heavy atom. The van der Waals surface area contributed by atoms with E-state index in [1.807, 2.05) is 10.9 Å². The summed E-state index contributed by atoms with van der Waals surface area (Å²) < 4.78 is 2.01. The molecule has 0 aromatic carbocycles. The van der Waals surface area contributed by atoms with Crippen LogP contribution in [0.15, 0.2) is 12.4 Å². The van der Waals surface area contributed by atoms with Gasteiger partial charge in [-0.1, -0.05) is 19.8 Å². The van der Waals surface area contributed by atoms with Crippen molar-refractivity contribution in [3.63, 3.8) is 0 Å². The minimum absolute atomic E-state index is 0.475. The molecule has 0 radical (unpaired) electrons. The van der Waals surface area contributed by atoms with Crippen molar-refractivity contribution >= 4 is 0 Å². The Morgan fingerprint density at radius 1 is 1.47 bits per heavy atom. The number of rotatable bonds is 5. The molecule has 1 unspecified atom stereocenters. The van der Waals surface area contributed by atoms with Gasteiger partial charge in [0.05, 0.1) is 6.20 Å². The maximum atomic E-state index is 4.36. The van der Waals surface area contributed by atoms with Crippen LogP contribution < -0.4 is 5.32 Å². The van der Waals surface area contributed by atoms with Crippen LogP contribution in [0.5, 0.6) is 0 Å². The molecule has 1 aliphatic rings. The van der Waals surface area contributed by atoms with E-state index in [-0.39, 0.29) is 0 Å². The molecule has 1 aliphatic carbocycles. The second kappa shape index (κ2) is 5.21. The third-order valence-corrected chi connectivity index (χ3v) is 4.39. The second-order valence-electron chi connectivity index (χ2n) is 5.61. The smallest absolute Gasteiger partial charge is 0.0522 e. The molecule has 0 saturated heterocycles. The zero-order valence-electron chi connectivity index (χ0n) is 11.4. The summed E-state index contributed by atoms with van der Waals surface area (Å²) in [4.78, 5) is 0. The Balaban J connectivity index is 2.04. The zero-order valence-corrected chi connectivity index (χ0v) is 11.4. The van der Waals surface area contributed by atoms with E-state index in [1.165, 1.54) is 31.2 Å². The molecule has 1 saturated carbocycles. The maximum absolute atomic E-state index is 4.36. The van der Waals surface area contributed by atoms with Gasteiger partial charge < -0.3 is 5.32 Å². The van der Waals surface area contributed by atoms with Crippen LogP contribution in [0.4, 0.5) is 0 Å². The fourth-order valence-electron chi connectivity index (χ4n) is 3.15. The second-order valence-corrected chi connectivity index (χ2v) is 5.61. The molecule has 3 heteroatoms. The van der Waals surface area contributed by atoms with Crippen LogP contribution in [0.25, 0.3) is 0 Å². The minimum Gasteiger partial charge on any atom is -0.316 e. The van der Waals surface area contributed by atoms with Crippen molar-refractivity contribution in [3.05, 3.63) is 18.0 Å². The van der Waals surface area contributed by atoms with Gasteiger partial charge in [0.2, 0.25) is 0 Å². The van der Waals surface area contributed by atoms with Crippen molar-refractivity contribution in [2.24, 2.45) is 5.41 Å². The van der Waals surface area contributed by atoms with Crippen LogP contribution >= 0.6 is 0 Å². The SMILES string of the molecule is CCn1cc(CC(NC)C2(C)CCCC2)cn1. The van der Waals surface area contributed by atoms with E-state index in [9.17, 15) is 0 Å². The van der Waals surface area contributed by atoms with Gasteiger partial charge in [0.15, 0.2) is 0 Å². The van der Waals surface area contributed by atoms with Crippen LogP contribution in [0.3, 0.4) is 0 Å². The fraction of sp³-hybridized carbons (Fsp3) is 0.786. The normalized spacial score (nSPS) is 20.6. The highest BCUT2D eigenvalue weighted by Gasteiger charge is 2.36.